The van der Waals surface area contributed by atoms with Crippen LogP contribution in [0.3, 0.4) is 0 Å². The van der Waals surface area contributed by atoms with E-state index in [0.717, 1.165) is 69.0 Å². The number of guanidine groups is 1. The predicted octanol–water partition coefficient (Wildman–Crippen LogP) is 1.63. The minimum absolute atomic E-state index is 0. The molecule has 0 aromatic carbocycles. The van der Waals surface area contributed by atoms with Crippen LogP contribution in [0.2, 0.25) is 0 Å². The number of morpholine rings is 1. The van der Waals surface area contributed by atoms with E-state index in [4.69, 9.17) is 10.5 Å². The van der Waals surface area contributed by atoms with Crippen LogP contribution in [0.4, 0.5) is 10.9 Å². The number of piperazine rings is 1. The van der Waals surface area contributed by atoms with Gasteiger partial charge in [0.15, 0.2) is 11.1 Å². The second kappa shape index (κ2) is 10.2. The molecule has 2 N–H and O–H groups in total. The number of pyridine rings is 1. The van der Waals surface area contributed by atoms with Crippen molar-refractivity contribution >= 4 is 52.2 Å². The largest absolute Gasteiger partial charge is 0.378 e. The maximum Gasteiger partial charge on any atom is 0.191 e. The molecule has 0 saturated carbocycles. The van der Waals surface area contributed by atoms with Crippen LogP contribution in [-0.4, -0.2) is 73.3 Å². The fourth-order valence-corrected chi connectivity index (χ4v) is 4.08. The van der Waals surface area contributed by atoms with E-state index in [-0.39, 0.29) is 24.0 Å². The molecule has 0 bridgehead atoms. The summed E-state index contributed by atoms with van der Waals surface area (Å²) in [5.74, 6) is 1.59. The number of halogens is 1. The van der Waals surface area contributed by atoms with Crippen molar-refractivity contribution in [1.29, 1.82) is 0 Å². The van der Waals surface area contributed by atoms with Crippen LogP contribution in [-0.2, 0) is 11.3 Å². The van der Waals surface area contributed by atoms with Crippen molar-refractivity contribution in [2.24, 2.45) is 10.7 Å². The Morgan fingerprint density at radius 2 is 1.86 bits per heavy atom. The zero-order valence-electron chi connectivity index (χ0n) is 15.7. The van der Waals surface area contributed by atoms with Gasteiger partial charge in [-0.15, -0.1) is 35.3 Å². The zero-order valence-corrected chi connectivity index (χ0v) is 18.9. The number of anilines is 2. The van der Waals surface area contributed by atoms with Gasteiger partial charge in [-0.25, -0.2) is 15.0 Å². The van der Waals surface area contributed by atoms with Gasteiger partial charge in [-0.05, 0) is 6.07 Å². The van der Waals surface area contributed by atoms with E-state index in [0.29, 0.717) is 12.5 Å². The van der Waals surface area contributed by atoms with Gasteiger partial charge in [0, 0.05) is 62.6 Å². The molecule has 2 fully saturated rings. The third-order valence-corrected chi connectivity index (χ3v) is 5.72. The molecule has 0 aliphatic carbocycles. The van der Waals surface area contributed by atoms with Gasteiger partial charge in [-0.3, -0.25) is 0 Å². The number of hydrogen-bond acceptors (Lipinski definition) is 7. The Labute approximate surface area is 186 Å². The summed E-state index contributed by atoms with van der Waals surface area (Å²) in [4.78, 5) is 20.3. The number of nitrogens with two attached hydrogens (primary N) is 1. The summed E-state index contributed by atoms with van der Waals surface area (Å²) in [6, 6.07) is 4.03. The number of hydrogen-bond donors (Lipinski definition) is 1. The highest BCUT2D eigenvalue weighted by molar-refractivity contribution is 14.0. The van der Waals surface area contributed by atoms with E-state index in [9.17, 15) is 0 Å². The molecule has 2 aliphatic heterocycles. The number of rotatable bonds is 4. The minimum atomic E-state index is 0. The number of aromatic nitrogens is 2. The Hall–Kier alpha value is -1.66. The molecule has 0 atom stereocenters. The maximum absolute atomic E-state index is 6.28. The van der Waals surface area contributed by atoms with E-state index >= 15 is 0 Å². The molecule has 4 rings (SSSR count). The lowest BCUT2D eigenvalue weighted by Gasteiger charge is -2.35. The first-order valence-corrected chi connectivity index (χ1v) is 10.1. The molecular formula is C18H26IN7OS. The van der Waals surface area contributed by atoms with Gasteiger partial charge < -0.3 is 25.2 Å². The van der Waals surface area contributed by atoms with Crippen molar-refractivity contribution < 1.29 is 4.74 Å². The summed E-state index contributed by atoms with van der Waals surface area (Å²) >= 11 is 1.68. The first-order chi connectivity index (χ1) is 13.3. The lowest BCUT2D eigenvalue weighted by atomic mass is 10.2. The lowest BCUT2D eigenvalue weighted by Crippen LogP contribution is -2.51. The number of ether oxygens (including phenoxy) is 1. The van der Waals surface area contributed by atoms with Crippen molar-refractivity contribution in [2.45, 2.75) is 6.54 Å². The molecule has 28 heavy (non-hydrogen) atoms. The summed E-state index contributed by atoms with van der Waals surface area (Å²) in [6.07, 6.45) is 3.68. The van der Waals surface area contributed by atoms with E-state index in [2.05, 4.69) is 35.7 Å². The van der Waals surface area contributed by atoms with Crippen molar-refractivity contribution in [3.05, 3.63) is 35.5 Å². The average molecular weight is 515 g/mol. The normalized spacial score (nSPS) is 18.1. The Bertz CT molecular complexity index is 759. The molecule has 0 amide bonds. The van der Waals surface area contributed by atoms with Crippen molar-refractivity contribution in [2.75, 3.05) is 62.3 Å². The highest BCUT2D eigenvalue weighted by Gasteiger charge is 2.20. The van der Waals surface area contributed by atoms with Crippen LogP contribution < -0.4 is 15.5 Å². The third-order valence-electron chi connectivity index (χ3n) is 4.88. The second-order valence-corrected chi connectivity index (χ2v) is 7.42. The summed E-state index contributed by atoms with van der Waals surface area (Å²) < 4.78 is 5.44. The topological polar surface area (TPSA) is 83.1 Å². The Balaban J connectivity index is 0.00000225. The maximum atomic E-state index is 6.28. The molecule has 0 spiro atoms. The van der Waals surface area contributed by atoms with Crippen molar-refractivity contribution in [3.63, 3.8) is 0 Å². The third kappa shape index (κ3) is 5.03. The Kier molecular flexibility index (Phi) is 7.68. The standard InChI is InChI=1S/C18H25N7OS.HI/c19-17(24-5-7-25(8-6-24)18-21-4-13-27-18)22-14-15-2-1-3-20-16(15)23-9-11-26-12-10-23;/h1-4,13H,5-12,14H2,(H2,19,22);1H. The Morgan fingerprint density at radius 3 is 2.57 bits per heavy atom. The molecular weight excluding hydrogens is 489 g/mol. The van der Waals surface area contributed by atoms with Gasteiger partial charge in [0.2, 0.25) is 0 Å². The predicted molar refractivity (Wildman–Crippen MR) is 124 cm³/mol. The molecule has 2 aromatic rings. The SMILES string of the molecule is I.NC(=NCc1cccnc1N1CCOCC1)N1CCN(c2nccs2)CC1. The minimum Gasteiger partial charge on any atom is -0.378 e. The van der Waals surface area contributed by atoms with Gasteiger partial charge in [-0.2, -0.15) is 0 Å². The number of nitrogens with zero attached hydrogens (tertiary/aromatic N) is 6. The molecule has 152 valence electrons. The fourth-order valence-electron chi connectivity index (χ4n) is 3.38. The van der Waals surface area contributed by atoms with E-state index in [1.807, 2.05) is 23.8 Å². The van der Waals surface area contributed by atoms with Crippen molar-refractivity contribution in [1.82, 2.24) is 14.9 Å². The zero-order chi connectivity index (χ0) is 18.5. The van der Waals surface area contributed by atoms with Gasteiger partial charge in [0.25, 0.3) is 0 Å². The summed E-state index contributed by atoms with van der Waals surface area (Å²) in [6.45, 7) is 7.29. The van der Waals surface area contributed by atoms with Crippen LogP contribution in [0.1, 0.15) is 5.56 Å². The molecule has 0 unspecified atom stereocenters. The van der Waals surface area contributed by atoms with Crippen LogP contribution in [0.5, 0.6) is 0 Å². The smallest absolute Gasteiger partial charge is 0.191 e. The summed E-state index contributed by atoms with van der Waals surface area (Å²) in [7, 11) is 0. The summed E-state index contributed by atoms with van der Waals surface area (Å²) in [5, 5.41) is 3.09. The molecule has 2 aromatic heterocycles. The van der Waals surface area contributed by atoms with E-state index in [1.54, 1.807) is 11.3 Å². The van der Waals surface area contributed by atoms with Gasteiger partial charge in [-0.1, -0.05) is 6.07 Å². The van der Waals surface area contributed by atoms with Crippen LogP contribution in [0.25, 0.3) is 0 Å². The van der Waals surface area contributed by atoms with Crippen LogP contribution in [0, 0.1) is 0 Å². The fraction of sp³-hybridized carbons (Fsp3) is 0.500. The number of aliphatic imine (C=N–C) groups is 1. The van der Waals surface area contributed by atoms with Crippen LogP contribution in [0.15, 0.2) is 34.9 Å². The molecule has 8 nitrogen and oxygen atoms in total. The first-order valence-electron chi connectivity index (χ1n) is 9.27. The quantitative estimate of drug-likeness (QED) is 0.377. The van der Waals surface area contributed by atoms with Crippen LogP contribution >= 0.6 is 35.3 Å². The average Bonchev–Trinajstić information content (AvgIpc) is 3.28. The Morgan fingerprint density at radius 1 is 1.07 bits per heavy atom. The first kappa shape index (κ1) is 21.1. The van der Waals surface area contributed by atoms with Gasteiger partial charge in [0.1, 0.15) is 5.82 Å². The lowest BCUT2D eigenvalue weighted by molar-refractivity contribution is 0.122. The molecule has 2 saturated heterocycles. The van der Waals surface area contributed by atoms with E-state index < -0.39 is 0 Å². The molecule has 2 aliphatic rings. The van der Waals surface area contributed by atoms with Crippen molar-refractivity contribution in [3.8, 4) is 0 Å². The monoisotopic (exact) mass is 515 g/mol. The van der Waals surface area contributed by atoms with Gasteiger partial charge >= 0.3 is 0 Å². The molecule has 0 radical (unpaired) electrons. The van der Waals surface area contributed by atoms with Gasteiger partial charge in [0.05, 0.1) is 19.8 Å². The number of thiazole rings is 1. The highest BCUT2D eigenvalue weighted by atomic mass is 127. The molecule has 4 heterocycles. The highest BCUT2D eigenvalue weighted by Crippen LogP contribution is 2.20. The summed E-state index contributed by atoms with van der Waals surface area (Å²) in [5.41, 5.74) is 7.38. The van der Waals surface area contributed by atoms with E-state index in [1.165, 1.54) is 0 Å². The second-order valence-electron chi connectivity index (χ2n) is 6.55. The molecule has 10 heteroatoms.